The van der Waals surface area contributed by atoms with Crippen molar-refractivity contribution in [2.75, 3.05) is 17.2 Å². The van der Waals surface area contributed by atoms with E-state index in [1.54, 1.807) is 37.3 Å². The summed E-state index contributed by atoms with van der Waals surface area (Å²) in [4.78, 5) is 23.8. The molecule has 8 nitrogen and oxygen atoms in total. The molecule has 1 aliphatic rings. The van der Waals surface area contributed by atoms with Crippen molar-refractivity contribution in [3.8, 4) is 5.75 Å². The van der Waals surface area contributed by atoms with E-state index < -0.39 is 16.1 Å². The van der Waals surface area contributed by atoms with Crippen LogP contribution < -0.4 is 20.1 Å². The Bertz CT molecular complexity index is 1040. The minimum absolute atomic E-state index is 0.0460. The van der Waals surface area contributed by atoms with Gasteiger partial charge in [0.25, 0.3) is 5.91 Å². The van der Waals surface area contributed by atoms with Crippen LogP contribution in [0.3, 0.4) is 0 Å². The van der Waals surface area contributed by atoms with Gasteiger partial charge in [0.05, 0.1) is 5.69 Å². The maximum Gasteiger partial charge on any atom is 0.265 e. The van der Waals surface area contributed by atoms with Gasteiger partial charge in [-0.3, -0.25) is 9.59 Å². The van der Waals surface area contributed by atoms with Crippen LogP contribution in [-0.2, 0) is 19.6 Å². The lowest BCUT2D eigenvalue weighted by Crippen LogP contribution is -2.34. The first-order valence-electron chi connectivity index (χ1n) is 8.97. The second-order valence-electron chi connectivity index (χ2n) is 6.41. The summed E-state index contributed by atoms with van der Waals surface area (Å²) < 4.78 is 31.8. The molecule has 152 valence electrons. The van der Waals surface area contributed by atoms with Crippen LogP contribution in [0.4, 0.5) is 11.4 Å². The molecule has 0 spiro atoms. The van der Waals surface area contributed by atoms with Gasteiger partial charge in [0, 0.05) is 24.1 Å². The molecule has 29 heavy (non-hydrogen) atoms. The number of amides is 2. The Hall–Kier alpha value is -3.17. The van der Waals surface area contributed by atoms with Crippen molar-refractivity contribution in [1.29, 1.82) is 0 Å². The maximum atomic E-state index is 12.1. The predicted octanol–water partition coefficient (Wildman–Crippen LogP) is 2.32. The van der Waals surface area contributed by atoms with Gasteiger partial charge in [0.1, 0.15) is 5.75 Å². The van der Waals surface area contributed by atoms with Crippen molar-refractivity contribution in [3.05, 3.63) is 59.5 Å². The SMILES string of the molecule is CC1Oc2ccc(NC(=O)CCNS(=O)(=O)C=Cc3ccccc3)cc2NC1=O. The van der Waals surface area contributed by atoms with Gasteiger partial charge < -0.3 is 15.4 Å². The molecule has 0 saturated carbocycles. The number of hydrogen-bond donors (Lipinski definition) is 3. The van der Waals surface area contributed by atoms with Crippen molar-refractivity contribution in [2.24, 2.45) is 0 Å². The molecule has 1 unspecified atom stereocenters. The van der Waals surface area contributed by atoms with E-state index in [1.807, 2.05) is 18.2 Å². The lowest BCUT2D eigenvalue weighted by molar-refractivity contribution is -0.122. The molecule has 1 atom stereocenters. The number of fused-ring (bicyclic) bond motifs is 1. The van der Waals surface area contributed by atoms with Crippen LogP contribution in [0, 0.1) is 0 Å². The quantitative estimate of drug-likeness (QED) is 0.642. The summed E-state index contributed by atoms with van der Waals surface area (Å²) in [5, 5.41) is 6.43. The van der Waals surface area contributed by atoms with E-state index in [2.05, 4.69) is 15.4 Å². The highest BCUT2D eigenvalue weighted by Gasteiger charge is 2.23. The Morgan fingerprint density at radius 1 is 1.21 bits per heavy atom. The Morgan fingerprint density at radius 2 is 1.97 bits per heavy atom. The fourth-order valence-electron chi connectivity index (χ4n) is 2.60. The first-order chi connectivity index (χ1) is 13.8. The summed E-state index contributed by atoms with van der Waals surface area (Å²) in [6, 6.07) is 13.9. The van der Waals surface area contributed by atoms with Gasteiger partial charge in [-0.15, -0.1) is 0 Å². The van der Waals surface area contributed by atoms with Gasteiger partial charge >= 0.3 is 0 Å². The third-order valence-corrected chi connectivity index (χ3v) is 5.19. The average molecular weight is 415 g/mol. The van der Waals surface area contributed by atoms with Crippen molar-refractivity contribution in [2.45, 2.75) is 19.4 Å². The summed E-state index contributed by atoms with van der Waals surface area (Å²) in [6.07, 6.45) is 0.856. The van der Waals surface area contributed by atoms with E-state index in [4.69, 9.17) is 4.74 Å². The largest absolute Gasteiger partial charge is 0.479 e. The molecule has 0 saturated heterocycles. The van der Waals surface area contributed by atoms with Crippen molar-refractivity contribution >= 4 is 39.3 Å². The Kier molecular flexibility index (Phi) is 6.30. The number of carbonyl (C=O) groups excluding carboxylic acids is 2. The highest BCUT2D eigenvalue weighted by Crippen LogP contribution is 2.32. The van der Waals surface area contributed by atoms with Gasteiger partial charge in [0.2, 0.25) is 15.9 Å². The zero-order valence-electron chi connectivity index (χ0n) is 15.7. The number of carbonyl (C=O) groups is 2. The van der Waals surface area contributed by atoms with Crippen molar-refractivity contribution in [1.82, 2.24) is 4.72 Å². The van der Waals surface area contributed by atoms with Crippen LogP contribution in [0.2, 0.25) is 0 Å². The number of nitrogens with one attached hydrogen (secondary N) is 3. The molecule has 0 bridgehead atoms. The molecule has 0 radical (unpaired) electrons. The average Bonchev–Trinajstić information content (AvgIpc) is 2.68. The molecular formula is C20H21N3O5S. The van der Waals surface area contributed by atoms with Crippen molar-refractivity contribution in [3.63, 3.8) is 0 Å². The molecule has 1 heterocycles. The number of ether oxygens (including phenoxy) is 1. The normalized spacial score (nSPS) is 16.0. The fourth-order valence-corrected chi connectivity index (χ4v) is 3.42. The van der Waals surface area contributed by atoms with Crippen LogP contribution in [0.1, 0.15) is 18.9 Å². The minimum Gasteiger partial charge on any atom is -0.479 e. The predicted molar refractivity (Wildman–Crippen MR) is 111 cm³/mol. The van der Waals surface area contributed by atoms with Crippen LogP contribution in [0.15, 0.2) is 53.9 Å². The van der Waals surface area contributed by atoms with Crippen LogP contribution in [0.5, 0.6) is 5.75 Å². The molecule has 3 rings (SSSR count). The van der Waals surface area contributed by atoms with Gasteiger partial charge in [0.15, 0.2) is 6.10 Å². The molecule has 9 heteroatoms. The first kappa shape index (κ1) is 20.6. The molecule has 0 aliphatic carbocycles. The maximum absolute atomic E-state index is 12.1. The minimum atomic E-state index is -3.65. The highest BCUT2D eigenvalue weighted by atomic mass is 32.2. The molecular weight excluding hydrogens is 394 g/mol. The van der Waals surface area contributed by atoms with Crippen LogP contribution >= 0.6 is 0 Å². The van der Waals surface area contributed by atoms with Gasteiger partial charge in [-0.05, 0) is 36.8 Å². The number of anilines is 2. The van der Waals surface area contributed by atoms with E-state index >= 15 is 0 Å². The molecule has 0 aromatic heterocycles. The van der Waals surface area contributed by atoms with E-state index in [0.29, 0.717) is 17.1 Å². The summed E-state index contributed by atoms with van der Waals surface area (Å²) in [5.41, 5.74) is 1.70. The lowest BCUT2D eigenvalue weighted by atomic mass is 10.2. The van der Waals surface area contributed by atoms with E-state index in [-0.39, 0.29) is 24.8 Å². The molecule has 3 N–H and O–H groups in total. The number of hydrogen-bond acceptors (Lipinski definition) is 5. The summed E-state index contributed by atoms with van der Waals surface area (Å²) >= 11 is 0. The van der Waals surface area contributed by atoms with Crippen LogP contribution in [0.25, 0.3) is 6.08 Å². The number of benzene rings is 2. The second-order valence-corrected chi connectivity index (χ2v) is 8.06. The molecule has 2 aromatic carbocycles. The third-order valence-electron chi connectivity index (χ3n) is 4.09. The summed E-state index contributed by atoms with van der Waals surface area (Å²) in [5.74, 6) is -0.108. The standard InChI is InChI=1S/C20H21N3O5S/c1-14-20(25)23-17-13-16(7-8-18(17)28-14)22-19(24)9-11-21-29(26,27)12-10-15-5-3-2-4-6-15/h2-8,10,12-14,21H,9,11H2,1H3,(H,22,24)(H,23,25). The molecule has 1 aliphatic heterocycles. The molecule has 2 amide bonds. The van der Waals surface area contributed by atoms with Crippen LogP contribution in [-0.4, -0.2) is 32.9 Å². The Labute approximate surface area is 169 Å². The topological polar surface area (TPSA) is 114 Å². The molecule has 0 fully saturated rings. The fraction of sp³-hybridized carbons (Fsp3) is 0.200. The smallest absolute Gasteiger partial charge is 0.265 e. The Balaban J connectivity index is 1.49. The zero-order valence-corrected chi connectivity index (χ0v) is 16.5. The Morgan fingerprint density at radius 3 is 2.72 bits per heavy atom. The second kappa shape index (κ2) is 8.89. The monoisotopic (exact) mass is 415 g/mol. The first-order valence-corrected chi connectivity index (χ1v) is 10.5. The highest BCUT2D eigenvalue weighted by molar-refractivity contribution is 7.92. The van der Waals surface area contributed by atoms with Gasteiger partial charge in [-0.25, -0.2) is 13.1 Å². The van der Waals surface area contributed by atoms with Crippen molar-refractivity contribution < 1.29 is 22.7 Å². The summed E-state index contributed by atoms with van der Waals surface area (Å²) in [6.45, 7) is 1.60. The number of rotatable bonds is 7. The molecule has 2 aromatic rings. The van der Waals surface area contributed by atoms with E-state index in [1.165, 1.54) is 6.08 Å². The zero-order chi connectivity index (χ0) is 20.9. The van der Waals surface area contributed by atoms with E-state index in [0.717, 1.165) is 11.0 Å². The van der Waals surface area contributed by atoms with E-state index in [9.17, 15) is 18.0 Å². The summed E-state index contributed by atoms with van der Waals surface area (Å²) in [7, 11) is -3.65. The lowest BCUT2D eigenvalue weighted by Gasteiger charge is -2.23. The van der Waals surface area contributed by atoms with Gasteiger partial charge in [-0.1, -0.05) is 30.3 Å². The van der Waals surface area contributed by atoms with Gasteiger partial charge in [-0.2, -0.15) is 0 Å². The number of sulfonamides is 1. The third kappa shape index (κ3) is 5.90.